The molecule has 29 heavy (non-hydrogen) atoms. The van der Waals surface area contributed by atoms with Crippen LogP contribution in [0.2, 0.25) is 0 Å². The Hall–Kier alpha value is -3.02. The third kappa shape index (κ3) is 5.28. The Labute approximate surface area is 172 Å². The summed E-state index contributed by atoms with van der Waals surface area (Å²) in [4.78, 5) is 29.0. The fraction of sp³-hybridized carbons (Fsp3) is 0.391. The Morgan fingerprint density at radius 3 is 2.62 bits per heavy atom. The van der Waals surface area contributed by atoms with E-state index in [4.69, 9.17) is 4.74 Å². The van der Waals surface area contributed by atoms with Crippen LogP contribution in [-0.4, -0.2) is 57.6 Å². The number of methoxy groups -OCH3 is 1. The third-order valence-corrected chi connectivity index (χ3v) is 5.33. The van der Waals surface area contributed by atoms with E-state index in [1.165, 1.54) is 5.56 Å². The zero-order chi connectivity index (χ0) is 20.8. The minimum absolute atomic E-state index is 0.0239. The summed E-state index contributed by atoms with van der Waals surface area (Å²) >= 11 is 0. The van der Waals surface area contributed by atoms with Crippen molar-refractivity contribution in [2.45, 2.75) is 12.8 Å². The standard InChI is InChI=1S/C23H29N3O3/c1-25(2)20-9-7-17(8-10-20)11-13-24-22(27)19-12-14-26(16-19)23(28)18-5-4-6-21(15-18)29-3/h4-10,15,19H,11-14,16H2,1-3H3,(H,24,27). The van der Waals surface area contributed by atoms with Gasteiger partial charge in [0.1, 0.15) is 5.75 Å². The van der Waals surface area contributed by atoms with Crippen molar-refractivity contribution in [3.63, 3.8) is 0 Å². The highest BCUT2D eigenvalue weighted by atomic mass is 16.5. The number of carbonyl (C=O) groups excluding carboxylic acids is 2. The van der Waals surface area contributed by atoms with Crippen molar-refractivity contribution in [1.82, 2.24) is 10.2 Å². The number of nitrogens with zero attached hydrogens (tertiary/aromatic N) is 2. The molecule has 2 aromatic rings. The molecule has 1 aliphatic heterocycles. The van der Waals surface area contributed by atoms with Gasteiger partial charge >= 0.3 is 0 Å². The zero-order valence-corrected chi connectivity index (χ0v) is 17.4. The number of ether oxygens (including phenoxy) is 1. The topological polar surface area (TPSA) is 61.9 Å². The number of nitrogens with one attached hydrogen (secondary N) is 1. The molecule has 1 aliphatic rings. The first-order valence-corrected chi connectivity index (χ1v) is 9.95. The van der Waals surface area contributed by atoms with Crippen LogP contribution in [0.1, 0.15) is 22.3 Å². The van der Waals surface area contributed by atoms with Gasteiger partial charge in [0.15, 0.2) is 0 Å². The van der Waals surface area contributed by atoms with Gasteiger partial charge in [0, 0.05) is 45.0 Å². The van der Waals surface area contributed by atoms with Crippen molar-refractivity contribution in [2.24, 2.45) is 5.92 Å². The fourth-order valence-electron chi connectivity index (χ4n) is 3.53. The van der Waals surface area contributed by atoms with E-state index in [9.17, 15) is 9.59 Å². The van der Waals surface area contributed by atoms with Gasteiger partial charge in [-0.25, -0.2) is 0 Å². The first-order valence-electron chi connectivity index (χ1n) is 9.95. The summed E-state index contributed by atoms with van der Waals surface area (Å²) in [6.45, 7) is 1.65. The lowest BCUT2D eigenvalue weighted by Gasteiger charge is -2.17. The number of carbonyl (C=O) groups is 2. The highest BCUT2D eigenvalue weighted by Gasteiger charge is 2.31. The summed E-state index contributed by atoms with van der Waals surface area (Å²) in [5.74, 6) is 0.472. The van der Waals surface area contributed by atoms with Gasteiger partial charge in [-0.15, -0.1) is 0 Å². The van der Waals surface area contributed by atoms with Crippen molar-refractivity contribution in [2.75, 3.05) is 45.7 Å². The van der Waals surface area contributed by atoms with Gasteiger partial charge in [0.2, 0.25) is 5.91 Å². The summed E-state index contributed by atoms with van der Waals surface area (Å²) in [5.41, 5.74) is 2.94. The second kappa shape index (κ2) is 9.45. The van der Waals surface area contributed by atoms with Crippen LogP contribution in [0.4, 0.5) is 5.69 Å². The van der Waals surface area contributed by atoms with E-state index < -0.39 is 0 Å². The van der Waals surface area contributed by atoms with Crippen LogP contribution in [0.3, 0.4) is 0 Å². The summed E-state index contributed by atoms with van der Waals surface area (Å²) in [6.07, 6.45) is 1.48. The average Bonchev–Trinajstić information content (AvgIpc) is 3.24. The van der Waals surface area contributed by atoms with Gasteiger partial charge in [-0.1, -0.05) is 18.2 Å². The smallest absolute Gasteiger partial charge is 0.254 e. The summed E-state index contributed by atoms with van der Waals surface area (Å²) in [6, 6.07) is 15.5. The van der Waals surface area contributed by atoms with Crippen LogP contribution in [0, 0.1) is 5.92 Å². The van der Waals surface area contributed by atoms with E-state index in [0.29, 0.717) is 37.4 Å². The molecule has 1 unspecified atom stereocenters. The predicted octanol–water partition coefficient (Wildman–Crippen LogP) is 2.58. The molecule has 2 aromatic carbocycles. The maximum atomic E-state index is 12.7. The first-order chi connectivity index (χ1) is 14.0. The maximum absolute atomic E-state index is 12.7. The molecule has 6 heteroatoms. The number of anilines is 1. The molecule has 0 spiro atoms. The molecule has 0 radical (unpaired) electrons. The van der Waals surface area contributed by atoms with Crippen LogP contribution in [0.5, 0.6) is 5.75 Å². The van der Waals surface area contributed by atoms with Crippen LogP contribution in [0.25, 0.3) is 0 Å². The molecule has 2 amide bonds. The highest BCUT2D eigenvalue weighted by Crippen LogP contribution is 2.21. The molecule has 0 aromatic heterocycles. The number of amides is 2. The number of rotatable bonds is 7. The average molecular weight is 396 g/mol. The molecule has 0 saturated carbocycles. The Balaban J connectivity index is 1.47. The Kier molecular flexibility index (Phi) is 6.75. The molecular formula is C23H29N3O3. The summed E-state index contributed by atoms with van der Waals surface area (Å²) in [7, 11) is 5.61. The van der Waals surface area contributed by atoms with E-state index in [1.807, 2.05) is 20.2 Å². The minimum atomic E-state index is -0.152. The maximum Gasteiger partial charge on any atom is 0.254 e. The largest absolute Gasteiger partial charge is 0.497 e. The van der Waals surface area contributed by atoms with Gasteiger partial charge in [-0.05, 0) is 48.7 Å². The minimum Gasteiger partial charge on any atom is -0.497 e. The molecule has 1 saturated heterocycles. The van der Waals surface area contributed by atoms with Gasteiger partial charge in [-0.3, -0.25) is 9.59 Å². The Morgan fingerprint density at radius 2 is 1.93 bits per heavy atom. The summed E-state index contributed by atoms with van der Waals surface area (Å²) in [5, 5.41) is 3.02. The van der Waals surface area contributed by atoms with Gasteiger partial charge in [0.25, 0.3) is 5.91 Å². The van der Waals surface area contributed by atoms with Crippen LogP contribution in [-0.2, 0) is 11.2 Å². The molecule has 154 valence electrons. The molecule has 1 atom stereocenters. The molecule has 0 bridgehead atoms. The van der Waals surface area contributed by atoms with Crippen molar-refractivity contribution in [3.8, 4) is 5.75 Å². The SMILES string of the molecule is COc1cccc(C(=O)N2CCC(C(=O)NCCc3ccc(N(C)C)cc3)C2)c1. The normalized spacial score (nSPS) is 15.8. The molecule has 1 N–H and O–H groups in total. The quantitative estimate of drug-likeness (QED) is 0.783. The van der Waals surface area contributed by atoms with Crippen molar-refractivity contribution in [3.05, 3.63) is 59.7 Å². The van der Waals surface area contributed by atoms with Gasteiger partial charge in [0.05, 0.1) is 13.0 Å². The zero-order valence-electron chi connectivity index (χ0n) is 17.4. The predicted molar refractivity (Wildman–Crippen MR) is 114 cm³/mol. The van der Waals surface area contributed by atoms with E-state index in [2.05, 4.69) is 34.5 Å². The number of benzene rings is 2. The molecular weight excluding hydrogens is 366 g/mol. The highest BCUT2D eigenvalue weighted by molar-refractivity contribution is 5.95. The lowest BCUT2D eigenvalue weighted by atomic mass is 10.1. The fourth-order valence-corrected chi connectivity index (χ4v) is 3.53. The summed E-state index contributed by atoms with van der Waals surface area (Å²) < 4.78 is 5.19. The monoisotopic (exact) mass is 395 g/mol. The van der Waals surface area contributed by atoms with Crippen molar-refractivity contribution >= 4 is 17.5 Å². The molecule has 0 aliphatic carbocycles. The lowest BCUT2D eigenvalue weighted by molar-refractivity contribution is -0.124. The van der Waals surface area contributed by atoms with Gasteiger partial charge < -0.3 is 19.9 Å². The van der Waals surface area contributed by atoms with Gasteiger partial charge in [-0.2, -0.15) is 0 Å². The van der Waals surface area contributed by atoms with E-state index in [-0.39, 0.29) is 17.7 Å². The molecule has 3 rings (SSSR count). The number of hydrogen-bond donors (Lipinski definition) is 1. The van der Waals surface area contributed by atoms with E-state index in [1.54, 1.807) is 30.2 Å². The molecule has 6 nitrogen and oxygen atoms in total. The first kappa shape index (κ1) is 20.7. The number of hydrogen-bond acceptors (Lipinski definition) is 4. The van der Waals surface area contributed by atoms with E-state index in [0.717, 1.165) is 12.1 Å². The Morgan fingerprint density at radius 1 is 1.17 bits per heavy atom. The second-order valence-corrected chi connectivity index (χ2v) is 7.57. The second-order valence-electron chi connectivity index (χ2n) is 7.57. The molecule has 1 heterocycles. The van der Waals surface area contributed by atoms with Crippen molar-refractivity contribution in [1.29, 1.82) is 0 Å². The van der Waals surface area contributed by atoms with Crippen LogP contribution >= 0.6 is 0 Å². The number of likely N-dealkylation sites (tertiary alicyclic amines) is 1. The third-order valence-electron chi connectivity index (χ3n) is 5.33. The molecule has 1 fully saturated rings. The van der Waals surface area contributed by atoms with Crippen LogP contribution < -0.4 is 15.0 Å². The van der Waals surface area contributed by atoms with Crippen molar-refractivity contribution < 1.29 is 14.3 Å². The lowest BCUT2D eigenvalue weighted by Crippen LogP contribution is -2.35. The Bertz CT molecular complexity index is 849. The van der Waals surface area contributed by atoms with E-state index >= 15 is 0 Å². The van der Waals surface area contributed by atoms with Crippen LogP contribution in [0.15, 0.2) is 48.5 Å².